The molecule has 0 saturated heterocycles. The lowest BCUT2D eigenvalue weighted by atomic mass is 9.93. The first-order valence-corrected chi connectivity index (χ1v) is 13.1. The fraction of sp³-hybridized carbons (Fsp3) is 0.296. The van der Waals surface area contributed by atoms with E-state index < -0.39 is 12.0 Å². The van der Waals surface area contributed by atoms with Gasteiger partial charge >= 0.3 is 5.97 Å². The highest BCUT2D eigenvalue weighted by molar-refractivity contribution is 7.07. The summed E-state index contributed by atoms with van der Waals surface area (Å²) in [6.07, 6.45) is 3.03. The Hall–Kier alpha value is -3.56. The van der Waals surface area contributed by atoms with Gasteiger partial charge in [0.05, 0.1) is 34.5 Å². The van der Waals surface area contributed by atoms with Gasteiger partial charge in [0.25, 0.3) is 5.56 Å². The molecule has 0 N–H and O–H groups in total. The van der Waals surface area contributed by atoms with Crippen molar-refractivity contribution >= 4 is 35.0 Å². The summed E-state index contributed by atoms with van der Waals surface area (Å²) in [5, 5.41) is 0.426. The number of fused-ring (bicyclic) bond motifs is 2. The van der Waals surface area contributed by atoms with Crippen LogP contribution < -0.4 is 29.1 Å². The number of esters is 1. The minimum atomic E-state index is -0.762. The van der Waals surface area contributed by atoms with E-state index in [9.17, 15) is 9.59 Å². The highest BCUT2D eigenvalue weighted by atomic mass is 35.5. The van der Waals surface area contributed by atoms with Crippen LogP contribution in [0.1, 0.15) is 43.9 Å². The van der Waals surface area contributed by atoms with Gasteiger partial charge in [-0.2, -0.15) is 0 Å². The van der Waals surface area contributed by atoms with E-state index in [0.29, 0.717) is 60.4 Å². The van der Waals surface area contributed by atoms with E-state index in [-0.39, 0.29) is 19.0 Å². The third kappa shape index (κ3) is 4.53. The molecule has 0 radical (unpaired) electrons. The SMILES string of the molecule is CCCC1=C(C(=O)OCC)[C@H](c2ccccc2OC)n2c(s/c(=C\c3cc4c(cc3Cl)OCO4)c2=O)=N1. The molecule has 37 heavy (non-hydrogen) atoms. The maximum atomic E-state index is 13.9. The number of halogens is 1. The molecular formula is C27H25ClN2O6S. The largest absolute Gasteiger partial charge is 0.496 e. The minimum Gasteiger partial charge on any atom is -0.496 e. The molecule has 10 heteroatoms. The number of carbonyl (C=O) groups excluding carboxylic acids is 1. The Bertz CT molecular complexity index is 1590. The third-order valence-corrected chi connectivity index (χ3v) is 7.41. The van der Waals surface area contributed by atoms with Crippen LogP contribution >= 0.6 is 22.9 Å². The lowest BCUT2D eigenvalue weighted by Gasteiger charge is -2.26. The lowest BCUT2D eigenvalue weighted by Crippen LogP contribution is -2.40. The standard InChI is InChI=1S/C27H25ClN2O6S/c1-4-8-18-23(26(32)34-5-2)24(16-9-6-7-10-19(16)33-3)30-25(31)22(37-27(30)29-18)12-15-11-20-21(13-17(15)28)36-14-35-20/h6-7,9-13,24H,4-5,8,14H2,1-3H3/b22-12-/t24-/m0/s1. The topological polar surface area (TPSA) is 88.4 Å². The Morgan fingerprint density at radius 1 is 1.24 bits per heavy atom. The number of carbonyl (C=O) groups is 1. The summed E-state index contributed by atoms with van der Waals surface area (Å²) in [6.45, 7) is 4.08. The molecule has 2 aromatic carbocycles. The second-order valence-corrected chi connectivity index (χ2v) is 9.80. The van der Waals surface area contributed by atoms with E-state index in [2.05, 4.69) is 0 Å². The van der Waals surface area contributed by atoms with Crippen LogP contribution in [0.4, 0.5) is 0 Å². The zero-order valence-corrected chi connectivity index (χ0v) is 22.1. The summed E-state index contributed by atoms with van der Waals surface area (Å²) >= 11 is 7.72. The first-order chi connectivity index (χ1) is 18.0. The van der Waals surface area contributed by atoms with Gasteiger partial charge in [-0.15, -0.1) is 0 Å². The van der Waals surface area contributed by atoms with Crippen LogP contribution in [0.5, 0.6) is 17.2 Å². The van der Waals surface area contributed by atoms with Gasteiger partial charge in [0.15, 0.2) is 16.3 Å². The summed E-state index contributed by atoms with van der Waals surface area (Å²) in [5.74, 6) is 1.17. The van der Waals surface area contributed by atoms with Crippen LogP contribution in [0.15, 0.2) is 57.5 Å². The Kier molecular flexibility index (Phi) is 7.08. The van der Waals surface area contributed by atoms with Gasteiger partial charge in [0.2, 0.25) is 6.79 Å². The predicted octanol–water partition coefficient (Wildman–Crippen LogP) is 3.97. The van der Waals surface area contributed by atoms with Crippen molar-refractivity contribution in [2.24, 2.45) is 4.99 Å². The second kappa shape index (κ2) is 10.4. The minimum absolute atomic E-state index is 0.118. The average molecular weight is 541 g/mol. The van der Waals surface area contributed by atoms with Crippen LogP contribution in [-0.4, -0.2) is 31.0 Å². The van der Waals surface area contributed by atoms with Crippen molar-refractivity contribution in [3.8, 4) is 17.2 Å². The average Bonchev–Trinajstić information content (AvgIpc) is 3.47. The molecule has 1 aromatic heterocycles. The van der Waals surface area contributed by atoms with E-state index in [0.717, 1.165) is 6.42 Å². The molecule has 3 heterocycles. The summed E-state index contributed by atoms with van der Waals surface area (Å²) < 4.78 is 23.9. The normalized spacial score (nSPS) is 16.4. The van der Waals surface area contributed by atoms with Crippen molar-refractivity contribution in [3.63, 3.8) is 0 Å². The summed E-state index contributed by atoms with van der Waals surface area (Å²) in [4.78, 5) is 32.5. The third-order valence-electron chi connectivity index (χ3n) is 6.10. The summed E-state index contributed by atoms with van der Waals surface area (Å²) in [7, 11) is 1.56. The molecule has 8 nitrogen and oxygen atoms in total. The molecule has 192 valence electrons. The van der Waals surface area contributed by atoms with E-state index in [1.165, 1.54) is 11.3 Å². The number of allylic oxidation sites excluding steroid dienone is 1. The number of para-hydroxylation sites is 1. The van der Waals surface area contributed by atoms with Crippen LogP contribution in [0.3, 0.4) is 0 Å². The van der Waals surface area contributed by atoms with Crippen molar-refractivity contribution in [1.29, 1.82) is 0 Å². The molecule has 0 unspecified atom stereocenters. The molecule has 3 aromatic rings. The van der Waals surface area contributed by atoms with Gasteiger partial charge in [-0.3, -0.25) is 9.36 Å². The Morgan fingerprint density at radius 3 is 2.73 bits per heavy atom. The van der Waals surface area contributed by atoms with Gasteiger partial charge < -0.3 is 18.9 Å². The molecule has 0 fully saturated rings. The molecule has 0 aliphatic carbocycles. The Balaban J connectivity index is 1.77. The molecule has 0 amide bonds. The summed E-state index contributed by atoms with van der Waals surface area (Å²) in [5.41, 5.74) is 1.93. The van der Waals surface area contributed by atoms with Gasteiger partial charge in [0, 0.05) is 11.6 Å². The number of ether oxygens (including phenoxy) is 4. The van der Waals surface area contributed by atoms with Crippen molar-refractivity contribution in [3.05, 3.63) is 83.5 Å². The monoisotopic (exact) mass is 540 g/mol. The molecule has 0 bridgehead atoms. The number of hydrogen-bond donors (Lipinski definition) is 0. The molecule has 2 aliphatic rings. The van der Waals surface area contributed by atoms with Gasteiger partial charge in [-0.1, -0.05) is 54.5 Å². The number of rotatable bonds is 7. The van der Waals surface area contributed by atoms with E-state index >= 15 is 0 Å². The van der Waals surface area contributed by atoms with Crippen LogP contribution in [0.25, 0.3) is 6.08 Å². The Labute approximate surface area is 222 Å². The predicted molar refractivity (Wildman–Crippen MR) is 140 cm³/mol. The smallest absolute Gasteiger partial charge is 0.338 e. The van der Waals surface area contributed by atoms with Crippen LogP contribution in [-0.2, 0) is 9.53 Å². The number of nitrogens with zero attached hydrogens (tertiary/aromatic N) is 2. The molecule has 2 aliphatic heterocycles. The van der Waals surface area contributed by atoms with Crippen molar-refractivity contribution in [2.45, 2.75) is 32.7 Å². The van der Waals surface area contributed by atoms with E-state index in [4.69, 9.17) is 35.5 Å². The fourth-order valence-corrected chi connectivity index (χ4v) is 5.71. The number of benzene rings is 2. The Morgan fingerprint density at radius 2 is 2.00 bits per heavy atom. The molecule has 5 rings (SSSR count). The van der Waals surface area contributed by atoms with E-state index in [1.54, 1.807) is 42.9 Å². The number of thiazole rings is 1. The molecule has 1 atom stereocenters. The summed E-state index contributed by atoms with van der Waals surface area (Å²) in [6, 6.07) is 10.00. The quantitative estimate of drug-likeness (QED) is 0.421. The molecule has 0 spiro atoms. The van der Waals surface area contributed by atoms with Crippen molar-refractivity contribution < 1.29 is 23.7 Å². The van der Waals surface area contributed by atoms with E-state index in [1.807, 2.05) is 25.1 Å². The zero-order valence-electron chi connectivity index (χ0n) is 20.6. The maximum absolute atomic E-state index is 13.9. The van der Waals surface area contributed by atoms with Crippen LogP contribution in [0.2, 0.25) is 5.02 Å². The maximum Gasteiger partial charge on any atom is 0.338 e. The fourth-order valence-electron chi connectivity index (χ4n) is 4.49. The number of hydrogen-bond acceptors (Lipinski definition) is 8. The lowest BCUT2D eigenvalue weighted by molar-refractivity contribution is -0.139. The van der Waals surface area contributed by atoms with Gasteiger partial charge in [-0.05, 0) is 37.1 Å². The van der Waals surface area contributed by atoms with Crippen LogP contribution in [0, 0.1) is 0 Å². The number of aromatic nitrogens is 1. The zero-order chi connectivity index (χ0) is 26.1. The highest BCUT2D eigenvalue weighted by Gasteiger charge is 2.35. The molecule has 0 saturated carbocycles. The first-order valence-electron chi connectivity index (χ1n) is 11.9. The first kappa shape index (κ1) is 25.1. The van der Waals surface area contributed by atoms with Crippen molar-refractivity contribution in [1.82, 2.24) is 4.57 Å². The number of methoxy groups -OCH3 is 1. The van der Waals surface area contributed by atoms with Crippen molar-refractivity contribution in [2.75, 3.05) is 20.5 Å². The molecular weight excluding hydrogens is 516 g/mol. The van der Waals surface area contributed by atoms with Gasteiger partial charge in [-0.25, -0.2) is 9.79 Å². The van der Waals surface area contributed by atoms with Gasteiger partial charge in [0.1, 0.15) is 11.8 Å². The highest BCUT2D eigenvalue weighted by Crippen LogP contribution is 2.38. The second-order valence-electron chi connectivity index (χ2n) is 8.38.